The van der Waals surface area contributed by atoms with Crippen LogP contribution >= 0.6 is 0 Å². The van der Waals surface area contributed by atoms with Crippen LogP contribution in [0.3, 0.4) is 0 Å². The van der Waals surface area contributed by atoms with Crippen LogP contribution in [-0.2, 0) is 11.3 Å². The van der Waals surface area contributed by atoms with Crippen LogP contribution in [0.2, 0.25) is 0 Å². The van der Waals surface area contributed by atoms with Crippen molar-refractivity contribution in [3.05, 3.63) is 29.8 Å². The molecule has 110 valence electrons. The fraction of sp³-hybridized carbons (Fsp3) is 0.562. The zero-order chi connectivity index (χ0) is 14.4. The maximum atomic E-state index is 11.1. The number of carboxylic acid groups (broad SMARTS) is 1. The minimum Gasteiger partial charge on any atom is -0.494 e. The number of carboxylic acids is 1. The van der Waals surface area contributed by atoms with E-state index in [1.807, 2.05) is 12.1 Å². The molecule has 1 atom stereocenters. The number of benzene rings is 1. The van der Waals surface area contributed by atoms with Crippen molar-refractivity contribution in [2.75, 3.05) is 19.7 Å². The molecule has 1 aliphatic rings. The Balaban J connectivity index is 1.87. The highest BCUT2D eigenvalue weighted by Gasteiger charge is 2.25. The van der Waals surface area contributed by atoms with E-state index >= 15 is 0 Å². The third-order valence-electron chi connectivity index (χ3n) is 3.66. The van der Waals surface area contributed by atoms with Crippen LogP contribution in [0, 0.1) is 5.92 Å². The van der Waals surface area contributed by atoms with Crippen molar-refractivity contribution in [3.63, 3.8) is 0 Å². The number of ether oxygens (including phenoxy) is 1. The SMILES string of the molecule is CCCOc1ccc(CN2CCCC(C(=O)O)C2)cc1. The largest absolute Gasteiger partial charge is 0.494 e. The van der Waals surface area contributed by atoms with Gasteiger partial charge in [0.1, 0.15) is 5.75 Å². The Labute approximate surface area is 120 Å². The summed E-state index contributed by atoms with van der Waals surface area (Å²) in [5.74, 6) is 0.0200. The van der Waals surface area contributed by atoms with E-state index in [4.69, 9.17) is 9.84 Å². The zero-order valence-corrected chi connectivity index (χ0v) is 12.0. The lowest BCUT2D eigenvalue weighted by atomic mass is 9.98. The van der Waals surface area contributed by atoms with Gasteiger partial charge >= 0.3 is 5.97 Å². The number of aliphatic carboxylic acids is 1. The summed E-state index contributed by atoms with van der Waals surface area (Å²) >= 11 is 0. The van der Waals surface area contributed by atoms with Crippen LogP contribution < -0.4 is 4.74 Å². The van der Waals surface area contributed by atoms with E-state index in [9.17, 15) is 4.79 Å². The number of nitrogens with zero attached hydrogens (tertiary/aromatic N) is 1. The lowest BCUT2D eigenvalue weighted by molar-refractivity contribution is -0.143. The van der Waals surface area contributed by atoms with Crippen LogP contribution in [0.15, 0.2) is 24.3 Å². The molecule has 4 nitrogen and oxygen atoms in total. The summed E-state index contributed by atoms with van der Waals surface area (Å²) in [7, 11) is 0. The molecule has 20 heavy (non-hydrogen) atoms. The van der Waals surface area contributed by atoms with Crippen molar-refractivity contribution in [1.82, 2.24) is 4.90 Å². The summed E-state index contributed by atoms with van der Waals surface area (Å²) in [5, 5.41) is 9.10. The van der Waals surface area contributed by atoms with Crippen LogP contribution in [0.1, 0.15) is 31.7 Å². The molecule has 1 aromatic rings. The normalized spacial score (nSPS) is 19.8. The molecule has 1 aliphatic heterocycles. The number of likely N-dealkylation sites (tertiary alicyclic amines) is 1. The fourth-order valence-corrected chi connectivity index (χ4v) is 2.57. The second-order valence-electron chi connectivity index (χ2n) is 5.40. The number of hydrogen-bond acceptors (Lipinski definition) is 3. The van der Waals surface area contributed by atoms with Gasteiger partial charge in [-0.25, -0.2) is 0 Å². The molecule has 1 aromatic carbocycles. The molecule has 0 spiro atoms. The van der Waals surface area contributed by atoms with Crippen molar-refractivity contribution in [2.45, 2.75) is 32.7 Å². The summed E-state index contributed by atoms with van der Waals surface area (Å²) in [4.78, 5) is 13.3. The van der Waals surface area contributed by atoms with Crippen LogP contribution in [0.5, 0.6) is 5.75 Å². The van der Waals surface area contributed by atoms with Crippen molar-refractivity contribution in [1.29, 1.82) is 0 Å². The van der Waals surface area contributed by atoms with Gasteiger partial charge in [0.2, 0.25) is 0 Å². The molecule has 0 radical (unpaired) electrons. The molecule has 0 aromatic heterocycles. The van der Waals surface area contributed by atoms with E-state index in [0.717, 1.165) is 44.7 Å². The molecule has 2 rings (SSSR count). The highest BCUT2D eigenvalue weighted by molar-refractivity contribution is 5.70. The second kappa shape index (κ2) is 7.29. The van der Waals surface area contributed by atoms with Gasteiger partial charge in [0.15, 0.2) is 0 Å². The molecule has 1 unspecified atom stereocenters. The highest BCUT2D eigenvalue weighted by Crippen LogP contribution is 2.20. The van der Waals surface area contributed by atoms with Gasteiger partial charge in [0, 0.05) is 13.1 Å². The van der Waals surface area contributed by atoms with E-state index in [1.165, 1.54) is 5.56 Å². The summed E-state index contributed by atoms with van der Waals surface area (Å²) in [5.41, 5.74) is 1.21. The van der Waals surface area contributed by atoms with Gasteiger partial charge in [0.05, 0.1) is 12.5 Å². The Morgan fingerprint density at radius 3 is 2.80 bits per heavy atom. The van der Waals surface area contributed by atoms with E-state index in [0.29, 0.717) is 6.54 Å². The minimum absolute atomic E-state index is 0.212. The average molecular weight is 277 g/mol. The molecule has 0 bridgehead atoms. The lowest BCUT2D eigenvalue weighted by Gasteiger charge is -2.30. The van der Waals surface area contributed by atoms with E-state index in [-0.39, 0.29) is 5.92 Å². The molecular weight excluding hydrogens is 254 g/mol. The standard InChI is InChI=1S/C16H23NO3/c1-2-10-20-15-7-5-13(6-8-15)11-17-9-3-4-14(12-17)16(18)19/h5-8,14H,2-4,9-12H2,1H3,(H,18,19). The molecule has 0 amide bonds. The Bertz CT molecular complexity index is 430. The zero-order valence-electron chi connectivity index (χ0n) is 12.0. The van der Waals surface area contributed by atoms with Crippen molar-refractivity contribution >= 4 is 5.97 Å². The van der Waals surface area contributed by atoms with Crippen LogP contribution in [0.4, 0.5) is 0 Å². The van der Waals surface area contributed by atoms with Gasteiger partial charge in [-0.05, 0) is 43.5 Å². The van der Waals surface area contributed by atoms with Gasteiger partial charge in [-0.1, -0.05) is 19.1 Å². The van der Waals surface area contributed by atoms with Gasteiger partial charge in [-0.15, -0.1) is 0 Å². The van der Waals surface area contributed by atoms with Gasteiger partial charge in [0.25, 0.3) is 0 Å². The van der Waals surface area contributed by atoms with Gasteiger partial charge in [-0.3, -0.25) is 9.69 Å². The molecule has 4 heteroatoms. The predicted octanol–water partition coefficient (Wildman–Crippen LogP) is 2.77. The first kappa shape index (κ1) is 14.9. The highest BCUT2D eigenvalue weighted by atomic mass is 16.5. The molecular formula is C16H23NO3. The maximum absolute atomic E-state index is 11.1. The summed E-state index contributed by atoms with van der Waals surface area (Å²) in [6.07, 6.45) is 2.77. The number of rotatable bonds is 6. The monoisotopic (exact) mass is 277 g/mol. The van der Waals surface area contributed by atoms with Crippen molar-refractivity contribution in [2.24, 2.45) is 5.92 Å². The topological polar surface area (TPSA) is 49.8 Å². The van der Waals surface area contributed by atoms with Crippen molar-refractivity contribution < 1.29 is 14.6 Å². The summed E-state index contributed by atoms with van der Waals surface area (Å²) < 4.78 is 5.56. The molecule has 1 N–H and O–H groups in total. The molecule has 1 fully saturated rings. The number of carbonyl (C=O) groups is 1. The molecule has 1 heterocycles. The molecule has 0 saturated carbocycles. The van der Waals surface area contributed by atoms with Crippen molar-refractivity contribution in [3.8, 4) is 5.75 Å². The Morgan fingerprint density at radius 1 is 1.40 bits per heavy atom. The number of piperidine rings is 1. The Morgan fingerprint density at radius 2 is 2.15 bits per heavy atom. The summed E-state index contributed by atoms with van der Waals surface area (Å²) in [6.45, 7) is 5.29. The van der Waals surface area contributed by atoms with Crippen LogP contribution in [-0.4, -0.2) is 35.7 Å². The Kier molecular flexibility index (Phi) is 5.41. The third-order valence-corrected chi connectivity index (χ3v) is 3.66. The minimum atomic E-state index is -0.669. The number of hydrogen-bond donors (Lipinski definition) is 1. The predicted molar refractivity (Wildman–Crippen MR) is 77.9 cm³/mol. The first-order valence-electron chi connectivity index (χ1n) is 7.36. The lowest BCUT2D eigenvalue weighted by Crippen LogP contribution is -2.38. The van der Waals surface area contributed by atoms with Gasteiger partial charge in [-0.2, -0.15) is 0 Å². The van der Waals surface area contributed by atoms with Gasteiger partial charge < -0.3 is 9.84 Å². The first-order valence-corrected chi connectivity index (χ1v) is 7.36. The average Bonchev–Trinajstić information content (AvgIpc) is 2.47. The Hall–Kier alpha value is -1.55. The quantitative estimate of drug-likeness (QED) is 0.868. The first-order chi connectivity index (χ1) is 9.69. The van der Waals surface area contributed by atoms with E-state index in [2.05, 4.69) is 24.0 Å². The van der Waals surface area contributed by atoms with E-state index in [1.54, 1.807) is 0 Å². The molecule has 0 aliphatic carbocycles. The third kappa shape index (κ3) is 4.23. The maximum Gasteiger partial charge on any atom is 0.307 e. The second-order valence-corrected chi connectivity index (χ2v) is 5.40. The van der Waals surface area contributed by atoms with Crippen LogP contribution in [0.25, 0.3) is 0 Å². The molecule has 1 saturated heterocycles. The summed E-state index contributed by atoms with van der Waals surface area (Å²) in [6, 6.07) is 8.11. The fourth-order valence-electron chi connectivity index (χ4n) is 2.57. The van der Waals surface area contributed by atoms with E-state index < -0.39 is 5.97 Å². The smallest absolute Gasteiger partial charge is 0.307 e.